The summed E-state index contributed by atoms with van der Waals surface area (Å²) in [6.45, 7) is 5.03. The van der Waals surface area contributed by atoms with Gasteiger partial charge in [-0.25, -0.2) is 8.78 Å². The van der Waals surface area contributed by atoms with Gasteiger partial charge in [-0.2, -0.15) is 0 Å². The highest BCUT2D eigenvalue weighted by Crippen LogP contribution is 2.30. The molecule has 0 heterocycles. The van der Waals surface area contributed by atoms with Crippen molar-refractivity contribution in [3.63, 3.8) is 0 Å². The van der Waals surface area contributed by atoms with Crippen molar-refractivity contribution in [3.8, 4) is 0 Å². The minimum atomic E-state index is -0.515. The summed E-state index contributed by atoms with van der Waals surface area (Å²) < 4.78 is 26.4. The molecule has 1 aliphatic rings. The summed E-state index contributed by atoms with van der Waals surface area (Å²) in [6.07, 6.45) is 4.87. The van der Waals surface area contributed by atoms with Crippen molar-refractivity contribution >= 4 is 0 Å². The third-order valence-electron chi connectivity index (χ3n) is 4.25. The van der Waals surface area contributed by atoms with Gasteiger partial charge in [0.05, 0.1) is 0 Å². The fourth-order valence-electron chi connectivity index (χ4n) is 2.94. The van der Waals surface area contributed by atoms with Gasteiger partial charge in [0, 0.05) is 24.2 Å². The average Bonchev–Trinajstić information content (AvgIpc) is 2.38. The molecule has 3 heteroatoms. The first-order chi connectivity index (χ1) is 9.06. The van der Waals surface area contributed by atoms with Gasteiger partial charge >= 0.3 is 0 Å². The molecule has 1 aliphatic carbocycles. The number of halogens is 2. The molecule has 0 saturated heterocycles. The standard InChI is InChI=1S/C16H23F2N/c1-11(2)12-4-3-5-15(8-12)19-10-13-6-7-14(17)9-16(13)18/h6-7,9,11-12,15,19H,3-5,8,10H2,1-2H3. The zero-order valence-corrected chi connectivity index (χ0v) is 11.8. The van der Waals surface area contributed by atoms with Crippen molar-refractivity contribution in [1.82, 2.24) is 5.32 Å². The summed E-state index contributed by atoms with van der Waals surface area (Å²) in [4.78, 5) is 0. The Morgan fingerprint density at radius 1 is 1.26 bits per heavy atom. The van der Waals surface area contributed by atoms with Gasteiger partial charge in [0.1, 0.15) is 11.6 Å². The predicted octanol–water partition coefficient (Wildman–Crippen LogP) is 4.27. The lowest BCUT2D eigenvalue weighted by atomic mass is 9.79. The molecule has 106 valence electrons. The van der Waals surface area contributed by atoms with E-state index in [1.165, 1.54) is 31.4 Å². The molecule has 0 amide bonds. The Balaban J connectivity index is 1.88. The van der Waals surface area contributed by atoms with Gasteiger partial charge in [-0.1, -0.05) is 32.8 Å². The van der Waals surface area contributed by atoms with E-state index in [2.05, 4.69) is 19.2 Å². The quantitative estimate of drug-likeness (QED) is 0.859. The van der Waals surface area contributed by atoms with Crippen LogP contribution in [-0.2, 0) is 6.54 Å². The second-order valence-corrected chi connectivity index (χ2v) is 5.98. The first-order valence-electron chi connectivity index (χ1n) is 7.23. The summed E-state index contributed by atoms with van der Waals surface area (Å²) >= 11 is 0. The van der Waals surface area contributed by atoms with E-state index in [1.807, 2.05) is 0 Å². The van der Waals surface area contributed by atoms with Crippen molar-refractivity contribution in [2.24, 2.45) is 11.8 Å². The molecule has 1 N–H and O–H groups in total. The summed E-state index contributed by atoms with van der Waals surface area (Å²) in [6, 6.07) is 4.26. The van der Waals surface area contributed by atoms with Crippen LogP contribution in [0.5, 0.6) is 0 Å². The lowest BCUT2D eigenvalue weighted by Gasteiger charge is -2.32. The van der Waals surface area contributed by atoms with E-state index in [-0.39, 0.29) is 0 Å². The van der Waals surface area contributed by atoms with Crippen LogP contribution in [0, 0.1) is 23.5 Å². The summed E-state index contributed by atoms with van der Waals surface area (Å²) in [5.74, 6) is 0.513. The van der Waals surface area contributed by atoms with Crippen LogP contribution in [0.1, 0.15) is 45.1 Å². The van der Waals surface area contributed by atoms with Gasteiger partial charge in [-0.3, -0.25) is 0 Å². The number of benzene rings is 1. The van der Waals surface area contributed by atoms with Crippen molar-refractivity contribution < 1.29 is 8.78 Å². The van der Waals surface area contributed by atoms with E-state index in [1.54, 1.807) is 0 Å². The monoisotopic (exact) mass is 267 g/mol. The molecule has 0 aromatic heterocycles. The molecule has 1 aromatic carbocycles. The van der Waals surface area contributed by atoms with E-state index >= 15 is 0 Å². The molecular formula is C16H23F2N. The van der Waals surface area contributed by atoms with E-state index in [0.29, 0.717) is 24.1 Å². The first kappa shape index (κ1) is 14.4. The normalized spacial score (nSPS) is 23.8. The zero-order chi connectivity index (χ0) is 13.8. The maximum atomic E-state index is 13.5. The number of nitrogens with one attached hydrogen (secondary N) is 1. The molecule has 1 saturated carbocycles. The highest BCUT2D eigenvalue weighted by Gasteiger charge is 2.23. The smallest absolute Gasteiger partial charge is 0.130 e. The summed E-state index contributed by atoms with van der Waals surface area (Å²) in [5.41, 5.74) is 0.549. The van der Waals surface area contributed by atoms with Crippen molar-refractivity contribution in [3.05, 3.63) is 35.4 Å². The largest absolute Gasteiger partial charge is 0.310 e. The highest BCUT2D eigenvalue weighted by atomic mass is 19.1. The van der Waals surface area contributed by atoms with E-state index in [0.717, 1.165) is 18.4 Å². The second-order valence-electron chi connectivity index (χ2n) is 5.98. The van der Waals surface area contributed by atoms with Crippen molar-refractivity contribution in [2.75, 3.05) is 0 Å². The molecule has 1 fully saturated rings. The molecule has 0 spiro atoms. The molecule has 0 aliphatic heterocycles. The average molecular weight is 267 g/mol. The van der Waals surface area contributed by atoms with E-state index in [9.17, 15) is 8.78 Å². The molecule has 0 radical (unpaired) electrons. The maximum absolute atomic E-state index is 13.5. The van der Waals surface area contributed by atoms with Crippen LogP contribution in [0.25, 0.3) is 0 Å². The van der Waals surface area contributed by atoms with E-state index in [4.69, 9.17) is 0 Å². The van der Waals surface area contributed by atoms with Crippen LogP contribution in [0.4, 0.5) is 8.78 Å². The van der Waals surface area contributed by atoms with Gasteiger partial charge in [-0.15, -0.1) is 0 Å². The predicted molar refractivity (Wildman–Crippen MR) is 73.8 cm³/mol. The Morgan fingerprint density at radius 3 is 2.74 bits per heavy atom. The molecule has 19 heavy (non-hydrogen) atoms. The molecule has 0 bridgehead atoms. The Morgan fingerprint density at radius 2 is 2.05 bits per heavy atom. The maximum Gasteiger partial charge on any atom is 0.130 e. The first-order valence-corrected chi connectivity index (χ1v) is 7.23. The Hall–Kier alpha value is -0.960. The molecular weight excluding hydrogens is 244 g/mol. The number of rotatable bonds is 4. The number of hydrogen-bond acceptors (Lipinski definition) is 1. The highest BCUT2D eigenvalue weighted by molar-refractivity contribution is 5.18. The second kappa shape index (κ2) is 6.47. The van der Waals surface area contributed by atoms with Crippen molar-refractivity contribution in [2.45, 2.75) is 52.1 Å². The van der Waals surface area contributed by atoms with Gasteiger partial charge < -0.3 is 5.32 Å². The van der Waals surface area contributed by atoms with Gasteiger partial charge in [-0.05, 0) is 30.7 Å². The minimum Gasteiger partial charge on any atom is -0.310 e. The fourth-order valence-corrected chi connectivity index (χ4v) is 2.94. The van der Waals surface area contributed by atoms with Crippen LogP contribution < -0.4 is 5.32 Å². The topological polar surface area (TPSA) is 12.0 Å². The fraction of sp³-hybridized carbons (Fsp3) is 0.625. The Kier molecular flexibility index (Phi) is 4.92. The molecule has 1 aromatic rings. The zero-order valence-electron chi connectivity index (χ0n) is 11.8. The SMILES string of the molecule is CC(C)C1CCCC(NCc2ccc(F)cc2F)C1. The molecule has 1 nitrogen and oxygen atoms in total. The molecule has 2 rings (SSSR count). The third-order valence-corrected chi connectivity index (χ3v) is 4.25. The summed E-state index contributed by atoms with van der Waals surface area (Å²) in [5, 5.41) is 3.42. The van der Waals surface area contributed by atoms with Crippen molar-refractivity contribution in [1.29, 1.82) is 0 Å². The van der Waals surface area contributed by atoms with Gasteiger partial charge in [0.2, 0.25) is 0 Å². The Labute approximate surface area is 114 Å². The van der Waals surface area contributed by atoms with E-state index < -0.39 is 11.6 Å². The summed E-state index contributed by atoms with van der Waals surface area (Å²) in [7, 11) is 0. The molecule has 2 atom stereocenters. The van der Waals surface area contributed by atoms with Crippen LogP contribution >= 0.6 is 0 Å². The van der Waals surface area contributed by atoms with Crippen LogP contribution in [0.3, 0.4) is 0 Å². The van der Waals surface area contributed by atoms with Crippen LogP contribution in [0.2, 0.25) is 0 Å². The van der Waals surface area contributed by atoms with Gasteiger partial charge in [0.15, 0.2) is 0 Å². The minimum absolute atomic E-state index is 0.455. The molecule has 2 unspecified atom stereocenters. The van der Waals surface area contributed by atoms with Crippen LogP contribution in [-0.4, -0.2) is 6.04 Å². The lowest BCUT2D eigenvalue weighted by Crippen LogP contribution is -2.35. The number of hydrogen-bond donors (Lipinski definition) is 1. The third kappa shape index (κ3) is 4.00. The Bertz CT molecular complexity index is 417. The van der Waals surface area contributed by atoms with Gasteiger partial charge in [0.25, 0.3) is 0 Å². The van der Waals surface area contributed by atoms with Crippen LogP contribution in [0.15, 0.2) is 18.2 Å². The lowest BCUT2D eigenvalue weighted by molar-refractivity contribution is 0.230.